The molecule has 51 heavy (non-hydrogen) atoms. The van der Waals surface area contributed by atoms with Crippen LogP contribution in [0.5, 0.6) is 0 Å². The van der Waals surface area contributed by atoms with Gasteiger partial charge in [0.25, 0.3) is 0 Å². The summed E-state index contributed by atoms with van der Waals surface area (Å²) >= 11 is 0. The lowest BCUT2D eigenvalue weighted by Gasteiger charge is -2.10. The van der Waals surface area contributed by atoms with Crippen molar-refractivity contribution >= 4 is 43.5 Å². The first kappa shape index (κ1) is 29.0. The standard InChI is InChI=1S/C47H29N3O/c1-3-11-34(12-4-1)45-48-46(35-13-5-2-6-14-35)50-47(49-45)39-16-9-17-43-44(39)41-29-37(26-27-42(41)51-43)31-20-18-30(19-21-31)36-25-24-33-23-22-32-10-7-8-15-38(32)40(33)28-36/h1-29H. The van der Waals surface area contributed by atoms with Gasteiger partial charge in [-0.3, -0.25) is 0 Å². The summed E-state index contributed by atoms with van der Waals surface area (Å²) in [6, 6.07) is 61.2. The molecule has 0 atom stereocenters. The van der Waals surface area contributed by atoms with Crippen molar-refractivity contribution in [3.63, 3.8) is 0 Å². The van der Waals surface area contributed by atoms with E-state index in [0.717, 1.165) is 49.8 Å². The number of hydrogen-bond donors (Lipinski definition) is 0. The Balaban J connectivity index is 1.07. The number of hydrogen-bond acceptors (Lipinski definition) is 4. The van der Waals surface area contributed by atoms with Crippen LogP contribution in [-0.4, -0.2) is 15.0 Å². The topological polar surface area (TPSA) is 51.8 Å². The van der Waals surface area contributed by atoms with E-state index >= 15 is 0 Å². The van der Waals surface area contributed by atoms with Gasteiger partial charge in [0.05, 0.1) is 0 Å². The molecular weight excluding hydrogens is 623 g/mol. The van der Waals surface area contributed by atoms with Crippen LogP contribution in [0, 0.1) is 0 Å². The van der Waals surface area contributed by atoms with Gasteiger partial charge in [-0.1, -0.05) is 152 Å². The zero-order chi connectivity index (χ0) is 33.7. The number of nitrogens with zero attached hydrogens (tertiary/aromatic N) is 3. The van der Waals surface area contributed by atoms with Gasteiger partial charge in [-0.15, -0.1) is 0 Å². The Kier molecular flexibility index (Phi) is 6.78. The van der Waals surface area contributed by atoms with E-state index < -0.39 is 0 Å². The van der Waals surface area contributed by atoms with Gasteiger partial charge in [-0.2, -0.15) is 0 Å². The van der Waals surface area contributed by atoms with Crippen LogP contribution >= 0.6 is 0 Å². The Labute approximate surface area is 294 Å². The fraction of sp³-hybridized carbons (Fsp3) is 0. The summed E-state index contributed by atoms with van der Waals surface area (Å²) in [6.45, 7) is 0. The van der Waals surface area contributed by atoms with Crippen LogP contribution in [0.2, 0.25) is 0 Å². The number of furan rings is 1. The van der Waals surface area contributed by atoms with Gasteiger partial charge in [-0.05, 0) is 68.1 Å². The first-order valence-electron chi connectivity index (χ1n) is 17.1. The third-order valence-electron chi connectivity index (χ3n) is 9.73. The Morgan fingerprint density at radius 1 is 0.314 bits per heavy atom. The molecule has 0 unspecified atom stereocenters. The summed E-state index contributed by atoms with van der Waals surface area (Å²) in [5, 5.41) is 7.06. The largest absolute Gasteiger partial charge is 0.456 e. The summed E-state index contributed by atoms with van der Waals surface area (Å²) in [6.07, 6.45) is 0. The second-order valence-electron chi connectivity index (χ2n) is 12.8. The first-order valence-corrected chi connectivity index (χ1v) is 17.1. The van der Waals surface area contributed by atoms with Crippen molar-refractivity contribution < 1.29 is 4.42 Å². The van der Waals surface area contributed by atoms with Crippen LogP contribution < -0.4 is 0 Å². The molecule has 2 heterocycles. The van der Waals surface area contributed by atoms with Crippen LogP contribution in [0.15, 0.2) is 180 Å². The van der Waals surface area contributed by atoms with Crippen molar-refractivity contribution in [2.45, 2.75) is 0 Å². The molecule has 4 heteroatoms. The van der Waals surface area contributed by atoms with E-state index in [0.29, 0.717) is 17.5 Å². The Morgan fingerprint density at radius 3 is 1.53 bits per heavy atom. The average Bonchev–Trinajstić information content (AvgIpc) is 3.59. The maximum Gasteiger partial charge on any atom is 0.164 e. The zero-order valence-corrected chi connectivity index (χ0v) is 27.5. The van der Waals surface area contributed by atoms with E-state index in [4.69, 9.17) is 19.4 Å². The second kappa shape index (κ2) is 11.9. The predicted octanol–water partition coefficient (Wildman–Crippen LogP) is 12.4. The van der Waals surface area contributed by atoms with Gasteiger partial charge in [0.1, 0.15) is 11.2 Å². The fourth-order valence-corrected chi connectivity index (χ4v) is 7.16. The van der Waals surface area contributed by atoms with E-state index in [1.165, 1.54) is 32.7 Å². The highest BCUT2D eigenvalue weighted by molar-refractivity contribution is 6.13. The summed E-state index contributed by atoms with van der Waals surface area (Å²) in [7, 11) is 0. The van der Waals surface area contributed by atoms with Gasteiger partial charge < -0.3 is 4.42 Å². The van der Waals surface area contributed by atoms with Crippen molar-refractivity contribution in [1.82, 2.24) is 15.0 Å². The van der Waals surface area contributed by atoms with Crippen molar-refractivity contribution in [1.29, 1.82) is 0 Å². The molecule has 0 bridgehead atoms. The summed E-state index contributed by atoms with van der Waals surface area (Å²) in [5.41, 5.74) is 9.02. The molecular formula is C47H29N3O. The highest BCUT2D eigenvalue weighted by atomic mass is 16.3. The quantitative estimate of drug-likeness (QED) is 0.174. The molecule has 0 saturated heterocycles. The molecule has 0 fully saturated rings. The minimum absolute atomic E-state index is 0.605. The molecule has 4 nitrogen and oxygen atoms in total. The number of aromatic nitrogens is 3. The Bertz CT molecular complexity index is 2840. The lowest BCUT2D eigenvalue weighted by atomic mass is 9.95. The van der Waals surface area contributed by atoms with Crippen molar-refractivity contribution in [2.75, 3.05) is 0 Å². The molecule has 10 aromatic rings. The number of fused-ring (bicyclic) bond motifs is 6. The van der Waals surface area contributed by atoms with Crippen molar-refractivity contribution in [3.8, 4) is 56.4 Å². The molecule has 2 aromatic heterocycles. The van der Waals surface area contributed by atoms with Gasteiger partial charge in [0.15, 0.2) is 17.5 Å². The lowest BCUT2D eigenvalue weighted by Crippen LogP contribution is -2.00. The van der Waals surface area contributed by atoms with Crippen molar-refractivity contribution in [2.24, 2.45) is 0 Å². The fourth-order valence-electron chi connectivity index (χ4n) is 7.16. The molecule has 0 amide bonds. The maximum atomic E-state index is 6.41. The summed E-state index contributed by atoms with van der Waals surface area (Å²) in [4.78, 5) is 14.9. The molecule has 0 spiro atoms. The molecule has 0 radical (unpaired) electrons. The normalized spacial score (nSPS) is 11.5. The zero-order valence-electron chi connectivity index (χ0n) is 27.5. The molecule has 0 N–H and O–H groups in total. The van der Waals surface area contributed by atoms with E-state index in [-0.39, 0.29) is 0 Å². The van der Waals surface area contributed by atoms with Crippen LogP contribution in [0.4, 0.5) is 0 Å². The van der Waals surface area contributed by atoms with Gasteiger partial charge in [-0.25, -0.2) is 15.0 Å². The lowest BCUT2D eigenvalue weighted by molar-refractivity contribution is 0.669. The predicted molar refractivity (Wildman–Crippen MR) is 209 cm³/mol. The minimum Gasteiger partial charge on any atom is -0.456 e. The monoisotopic (exact) mass is 651 g/mol. The highest BCUT2D eigenvalue weighted by Gasteiger charge is 2.18. The number of rotatable bonds is 5. The van der Waals surface area contributed by atoms with Gasteiger partial charge in [0, 0.05) is 27.5 Å². The minimum atomic E-state index is 0.605. The Morgan fingerprint density at radius 2 is 0.843 bits per heavy atom. The second-order valence-corrected chi connectivity index (χ2v) is 12.8. The van der Waals surface area contributed by atoms with Crippen LogP contribution in [0.25, 0.3) is 99.9 Å². The average molecular weight is 652 g/mol. The van der Waals surface area contributed by atoms with Crippen LogP contribution in [0.1, 0.15) is 0 Å². The van der Waals surface area contributed by atoms with E-state index in [2.05, 4.69) is 103 Å². The summed E-state index contributed by atoms with van der Waals surface area (Å²) in [5.74, 6) is 1.86. The molecule has 10 rings (SSSR count). The van der Waals surface area contributed by atoms with E-state index in [1.54, 1.807) is 0 Å². The van der Waals surface area contributed by atoms with Crippen LogP contribution in [0.3, 0.4) is 0 Å². The smallest absolute Gasteiger partial charge is 0.164 e. The molecule has 238 valence electrons. The maximum absolute atomic E-state index is 6.41. The molecule has 8 aromatic carbocycles. The molecule has 0 aliphatic heterocycles. The molecule has 0 saturated carbocycles. The first-order chi connectivity index (χ1) is 25.2. The van der Waals surface area contributed by atoms with Crippen LogP contribution in [-0.2, 0) is 0 Å². The third-order valence-corrected chi connectivity index (χ3v) is 9.73. The highest BCUT2D eigenvalue weighted by Crippen LogP contribution is 2.39. The molecule has 0 aliphatic rings. The van der Waals surface area contributed by atoms with Gasteiger partial charge >= 0.3 is 0 Å². The number of benzene rings is 8. The SMILES string of the molecule is c1ccc(-c2nc(-c3ccccc3)nc(-c3cccc4oc5ccc(-c6ccc(-c7ccc8ccc9ccccc9c8c7)cc6)cc5c34)n2)cc1. The van der Waals surface area contributed by atoms with Gasteiger partial charge in [0.2, 0.25) is 0 Å². The molecule has 0 aliphatic carbocycles. The van der Waals surface area contributed by atoms with Crippen molar-refractivity contribution in [3.05, 3.63) is 176 Å². The van der Waals surface area contributed by atoms with E-state index in [1.807, 2.05) is 72.8 Å². The summed E-state index contributed by atoms with van der Waals surface area (Å²) < 4.78 is 6.41. The third kappa shape index (κ3) is 5.13. The van der Waals surface area contributed by atoms with E-state index in [9.17, 15) is 0 Å². The Hall–Kier alpha value is -6.91.